The lowest BCUT2D eigenvalue weighted by Crippen LogP contribution is -2.50. The highest BCUT2D eigenvalue weighted by Crippen LogP contribution is 2.32. The first-order valence-corrected chi connectivity index (χ1v) is 11.2. The van der Waals surface area contributed by atoms with Crippen molar-refractivity contribution in [1.82, 2.24) is 15.6 Å². The third-order valence-corrected chi connectivity index (χ3v) is 6.12. The Bertz CT molecular complexity index is 927. The van der Waals surface area contributed by atoms with Crippen molar-refractivity contribution in [3.63, 3.8) is 0 Å². The van der Waals surface area contributed by atoms with Crippen molar-refractivity contribution in [1.29, 1.82) is 0 Å². The molecule has 1 saturated heterocycles. The fourth-order valence-electron chi connectivity index (χ4n) is 4.01. The van der Waals surface area contributed by atoms with Gasteiger partial charge in [0.25, 0.3) is 0 Å². The summed E-state index contributed by atoms with van der Waals surface area (Å²) in [4.78, 5) is 11.5. The lowest BCUT2D eigenvalue weighted by Gasteiger charge is -2.34. The van der Waals surface area contributed by atoms with Crippen molar-refractivity contribution in [2.24, 2.45) is 4.99 Å². The van der Waals surface area contributed by atoms with Crippen molar-refractivity contribution < 1.29 is 9.47 Å². The summed E-state index contributed by atoms with van der Waals surface area (Å²) in [7, 11) is 5.14. The number of hydrogen-bond donors (Lipinski definition) is 2. The molecule has 1 fully saturated rings. The number of ether oxygens (including phenoxy) is 2. The van der Waals surface area contributed by atoms with Gasteiger partial charge in [0.2, 0.25) is 0 Å². The van der Waals surface area contributed by atoms with Gasteiger partial charge in [-0.05, 0) is 49.6 Å². The van der Waals surface area contributed by atoms with E-state index >= 15 is 0 Å². The average molecular weight is 568 g/mol. The highest BCUT2D eigenvalue weighted by atomic mass is 127. The highest BCUT2D eigenvalue weighted by Gasteiger charge is 2.24. The molecule has 2 heterocycles. The number of nitrogens with zero attached hydrogens (tertiary/aromatic N) is 3. The van der Waals surface area contributed by atoms with Gasteiger partial charge in [0.15, 0.2) is 17.5 Å². The Morgan fingerprint density at radius 3 is 2.42 bits per heavy atom. The van der Waals surface area contributed by atoms with Crippen molar-refractivity contribution in [2.45, 2.75) is 45.1 Å². The molecule has 7 nitrogen and oxygen atoms in total. The third kappa shape index (κ3) is 7.12. The van der Waals surface area contributed by atoms with Crippen LogP contribution in [0.5, 0.6) is 11.5 Å². The highest BCUT2D eigenvalue weighted by molar-refractivity contribution is 14.0. The molecule has 182 valence electrons. The molecular weight excluding hydrogens is 529 g/mol. The number of rotatable bonds is 7. The van der Waals surface area contributed by atoms with Crippen LogP contribution in [0.2, 0.25) is 0 Å². The van der Waals surface area contributed by atoms with Gasteiger partial charge < -0.3 is 25.0 Å². The molecule has 1 aliphatic rings. The second-order valence-electron chi connectivity index (χ2n) is 8.92. The smallest absolute Gasteiger partial charge is 0.191 e. The van der Waals surface area contributed by atoms with Gasteiger partial charge in [-0.3, -0.25) is 4.99 Å². The molecule has 0 atom stereocenters. The minimum atomic E-state index is -0.114. The fourth-order valence-corrected chi connectivity index (χ4v) is 4.01. The van der Waals surface area contributed by atoms with Gasteiger partial charge in [-0.1, -0.05) is 26.0 Å². The van der Waals surface area contributed by atoms with Crippen LogP contribution in [-0.4, -0.2) is 57.9 Å². The lowest BCUT2D eigenvalue weighted by atomic mass is 9.84. The van der Waals surface area contributed by atoms with E-state index < -0.39 is 0 Å². The lowest BCUT2D eigenvalue weighted by molar-refractivity contribution is 0.353. The summed E-state index contributed by atoms with van der Waals surface area (Å²) in [6.45, 7) is 9.18. The van der Waals surface area contributed by atoms with E-state index in [1.54, 1.807) is 14.2 Å². The van der Waals surface area contributed by atoms with Gasteiger partial charge in [-0.15, -0.1) is 24.0 Å². The summed E-state index contributed by atoms with van der Waals surface area (Å²) in [6.07, 6.45) is 2.10. The number of aliphatic imine (C=N–C) groups is 1. The molecule has 1 aromatic carbocycles. The van der Waals surface area contributed by atoms with Crippen LogP contribution in [0.4, 0.5) is 5.82 Å². The van der Waals surface area contributed by atoms with E-state index in [9.17, 15) is 0 Å². The molecule has 1 aliphatic heterocycles. The molecular formula is C25H38IN5O2. The van der Waals surface area contributed by atoms with Crippen molar-refractivity contribution in [2.75, 3.05) is 45.8 Å². The maximum atomic E-state index is 5.48. The number of aryl methyl sites for hydroxylation is 1. The van der Waals surface area contributed by atoms with Gasteiger partial charge in [-0.25, -0.2) is 4.98 Å². The number of piperidine rings is 1. The van der Waals surface area contributed by atoms with E-state index in [1.807, 2.05) is 32.2 Å². The number of methoxy groups -OCH3 is 2. The minimum Gasteiger partial charge on any atom is -0.493 e. The van der Waals surface area contributed by atoms with E-state index in [-0.39, 0.29) is 29.4 Å². The van der Waals surface area contributed by atoms with Crippen molar-refractivity contribution in [3.05, 3.63) is 47.7 Å². The van der Waals surface area contributed by atoms with Crippen LogP contribution < -0.4 is 25.0 Å². The molecule has 2 N–H and O–H groups in total. The average Bonchev–Trinajstić information content (AvgIpc) is 2.81. The summed E-state index contributed by atoms with van der Waals surface area (Å²) in [5.74, 6) is 3.40. The molecule has 1 aromatic heterocycles. The second-order valence-corrected chi connectivity index (χ2v) is 8.92. The molecule has 0 aliphatic carbocycles. The molecule has 3 rings (SSSR count). The first-order chi connectivity index (χ1) is 15.4. The first-order valence-electron chi connectivity index (χ1n) is 11.2. The van der Waals surface area contributed by atoms with Crippen LogP contribution in [-0.2, 0) is 5.41 Å². The molecule has 0 spiro atoms. The number of guanidine groups is 1. The second kappa shape index (κ2) is 12.3. The predicted molar refractivity (Wildman–Crippen MR) is 147 cm³/mol. The standard InChI is InChI=1S/C25H37N5O2.HI/c1-18-8-7-9-23(28-18)30-14-12-20(13-15-30)29-24(26-4)27-17-25(2,3)19-10-11-21(31-5)22(16-19)32-6;/h7-11,16,20H,12-15,17H2,1-6H3,(H2,26,27,29);1H. The largest absolute Gasteiger partial charge is 0.493 e. The van der Waals surface area contributed by atoms with E-state index in [1.165, 1.54) is 5.56 Å². The predicted octanol–water partition coefficient (Wildman–Crippen LogP) is 4.14. The molecule has 33 heavy (non-hydrogen) atoms. The molecule has 8 heteroatoms. The van der Waals surface area contributed by atoms with Crippen molar-refractivity contribution >= 4 is 35.8 Å². The first kappa shape index (κ1) is 27.0. The summed E-state index contributed by atoms with van der Waals surface area (Å²) < 4.78 is 10.8. The minimum absolute atomic E-state index is 0. The fraction of sp³-hybridized carbons (Fsp3) is 0.520. The normalized spacial score (nSPS) is 15.0. The maximum absolute atomic E-state index is 5.48. The molecule has 0 radical (unpaired) electrons. The number of anilines is 1. The Morgan fingerprint density at radius 1 is 1.12 bits per heavy atom. The molecule has 0 saturated carbocycles. The van der Waals surface area contributed by atoms with Crippen LogP contribution in [0, 0.1) is 6.92 Å². The van der Waals surface area contributed by atoms with Gasteiger partial charge >= 0.3 is 0 Å². The van der Waals surface area contributed by atoms with Gasteiger partial charge in [0, 0.05) is 43.8 Å². The van der Waals surface area contributed by atoms with Gasteiger partial charge in [0.05, 0.1) is 14.2 Å². The van der Waals surface area contributed by atoms with Crippen LogP contribution in [0.15, 0.2) is 41.4 Å². The van der Waals surface area contributed by atoms with Gasteiger partial charge in [0.1, 0.15) is 5.82 Å². The number of benzene rings is 1. The molecule has 0 amide bonds. The van der Waals surface area contributed by atoms with Crippen LogP contribution >= 0.6 is 24.0 Å². The molecule has 0 unspecified atom stereocenters. The molecule has 0 bridgehead atoms. The summed E-state index contributed by atoms with van der Waals surface area (Å²) in [6, 6.07) is 12.7. The Morgan fingerprint density at radius 2 is 1.82 bits per heavy atom. The number of nitrogens with one attached hydrogen (secondary N) is 2. The van der Waals surface area contributed by atoms with Gasteiger partial charge in [-0.2, -0.15) is 0 Å². The quantitative estimate of drug-likeness (QED) is 0.298. The Labute approximate surface area is 215 Å². The van der Waals surface area contributed by atoms with E-state index in [2.05, 4.69) is 57.6 Å². The third-order valence-electron chi connectivity index (χ3n) is 6.12. The summed E-state index contributed by atoms with van der Waals surface area (Å²) in [5.41, 5.74) is 2.12. The Kier molecular flexibility index (Phi) is 10.1. The summed E-state index contributed by atoms with van der Waals surface area (Å²) >= 11 is 0. The topological polar surface area (TPSA) is 71.0 Å². The van der Waals surface area contributed by atoms with E-state index in [0.717, 1.165) is 61.4 Å². The van der Waals surface area contributed by atoms with Crippen LogP contribution in [0.1, 0.15) is 37.9 Å². The Hall–Kier alpha value is -2.23. The monoisotopic (exact) mass is 567 g/mol. The maximum Gasteiger partial charge on any atom is 0.191 e. The van der Waals surface area contributed by atoms with Crippen LogP contribution in [0.3, 0.4) is 0 Å². The number of pyridine rings is 1. The number of hydrogen-bond acceptors (Lipinski definition) is 5. The number of aromatic nitrogens is 1. The van der Waals surface area contributed by atoms with Crippen molar-refractivity contribution in [3.8, 4) is 11.5 Å². The zero-order valence-electron chi connectivity index (χ0n) is 20.6. The summed E-state index contributed by atoms with van der Waals surface area (Å²) in [5, 5.41) is 7.11. The molecule has 2 aromatic rings. The zero-order chi connectivity index (χ0) is 23.1. The van der Waals surface area contributed by atoms with Crippen LogP contribution in [0.25, 0.3) is 0 Å². The van der Waals surface area contributed by atoms with E-state index in [0.29, 0.717) is 6.04 Å². The Balaban J connectivity index is 0.00000385. The SMILES string of the molecule is CN=C(NCC(C)(C)c1ccc(OC)c(OC)c1)NC1CCN(c2cccc(C)n2)CC1.I. The van der Waals surface area contributed by atoms with E-state index in [4.69, 9.17) is 9.47 Å². The zero-order valence-corrected chi connectivity index (χ0v) is 23.0. The number of halogens is 1.